The SMILES string of the molecule is CCC(C)NC(=O)C(CC)N(Cc1c(Cl)cccc1Cl)C(=O)CN(c1ccc(OC)c(Cl)c1)S(=O)(=O)c1ccccc1. The number of ether oxygens (including phenoxy) is 1. The second kappa shape index (κ2) is 15.0. The Labute approximate surface area is 262 Å². The summed E-state index contributed by atoms with van der Waals surface area (Å²) in [6.07, 6.45) is 0.948. The summed E-state index contributed by atoms with van der Waals surface area (Å²) >= 11 is 19.3. The first kappa shape index (κ1) is 33.5. The number of amides is 2. The maximum Gasteiger partial charge on any atom is 0.264 e. The molecule has 0 aliphatic heterocycles. The fraction of sp³-hybridized carbons (Fsp3) is 0.333. The van der Waals surface area contributed by atoms with Crippen molar-refractivity contribution in [1.82, 2.24) is 10.2 Å². The number of carbonyl (C=O) groups excluding carboxylic acids is 2. The number of nitrogens with zero attached hydrogens (tertiary/aromatic N) is 2. The van der Waals surface area contributed by atoms with Crippen LogP contribution in [0.15, 0.2) is 71.6 Å². The number of methoxy groups -OCH3 is 1. The van der Waals surface area contributed by atoms with Gasteiger partial charge >= 0.3 is 0 Å². The Morgan fingerprint density at radius 3 is 2.10 bits per heavy atom. The summed E-state index contributed by atoms with van der Waals surface area (Å²) in [6.45, 7) is 4.83. The molecule has 2 amide bonds. The summed E-state index contributed by atoms with van der Waals surface area (Å²) in [5.74, 6) is -0.663. The third-order valence-corrected chi connectivity index (χ3v) is 9.60. The summed E-state index contributed by atoms with van der Waals surface area (Å²) in [4.78, 5) is 28.9. The molecule has 0 aliphatic rings. The van der Waals surface area contributed by atoms with Gasteiger partial charge in [-0.15, -0.1) is 0 Å². The van der Waals surface area contributed by atoms with Gasteiger partial charge in [0.25, 0.3) is 10.0 Å². The van der Waals surface area contributed by atoms with Crippen LogP contribution in [0.1, 0.15) is 39.2 Å². The normalized spacial score (nSPS) is 12.7. The number of rotatable bonds is 13. The van der Waals surface area contributed by atoms with Gasteiger partial charge in [-0.3, -0.25) is 13.9 Å². The standard InChI is InChI=1S/C30H34Cl3N3O5S/c1-5-20(3)34-30(38)27(6-2)35(18-23-24(31)13-10-14-25(23)32)29(37)19-36(21-15-16-28(41-4)26(33)17-21)42(39,40)22-11-8-7-9-12-22/h7-17,20,27H,5-6,18-19H2,1-4H3,(H,34,38). The number of nitrogens with one attached hydrogen (secondary N) is 1. The van der Waals surface area contributed by atoms with Gasteiger partial charge < -0.3 is 15.0 Å². The predicted octanol–water partition coefficient (Wildman–Crippen LogP) is 6.57. The van der Waals surface area contributed by atoms with Gasteiger partial charge in [-0.1, -0.05) is 72.9 Å². The van der Waals surface area contributed by atoms with E-state index in [1.165, 1.54) is 42.3 Å². The van der Waals surface area contributed by atoms with E-state index in [9.17, 15) is 18.0 Å². The number of carbonyl (C=O) groups is 2. The topological polar surface area (TPSA) is 96.0 Å². The van der Waals surface area contributed by atoms with Gasteiger partial charge in [0.05, 0.1) is 22.7 Å². The van der Waals surface area contributed by atoms with E-state index in [2.05, 4.69) is 5.32 Å². The minimum atomic E-state index is -4.25. The maximum absolute atomic E-state index is 14.2. The van der Waals surface area contributed by atoms with Crippen molar-refractivity contribution in [3.8, 4) is 5.75 Å². The van der Waals surface area contributed by atoms with Crippen LogP contribution in [0, 0.1) is 0 Å². The Kier molecular flexibility index (Phi) is 11.9. The summed E-state index contributed by atoms with van der Waals surface area (Å²) in [6, 6.07) is 16.1. The average molecular weight is 655 g/mol. The maximum atomic E-state index is 14.2. The first-order chi connectivity index (χ1) is 19.9. The van der Waals surface area contributed by atoms with E-state index in [1.54, 1.807) is 43.3 Å². The largest absolute Gasteiger partial charge is 0.495 e. The molecule has 8 nitrogen and oxygen atoms in total. The molecule has 1 N–H and O–H groups in total. The van der Waals surface area contributed by atoms with Gasteiger partial charge in [0.15, 0.2) is 0 Å². The number of benzene rings is 3. The molecule has 42 heavy (non-hydrogen) atoms. The van der Waals surface area contributed by atoms with E-state index < -0.39 is 28.5 Å². The van der Waals surface area contributed by atoms with E-state index >= 15 is 0 Å². The highest BCUT2D eigenvalue weighted by Crippen LogP contribution is 2.33. The fourth-order valence-electron chi connectivity index (χ4n) is 4.27. The van der Waals surface area contributed by atoms with Crippen molar-refractivity contribution in [3.05, 3.63) is 87.4 Å². The van der Waals surface area contributed by atoms with Crippen molar-refractivity contribution in [1.29, 1.82) is 0 Å². The molecule has 2 unspecified atom stereocenters. The van der Waals surface area contributed by atoms with Gasteiger partial charge in [-0.2, -0.15) is 0 Å². The lowest BCUT2D eigenvalue weighted by molar-refractivity contribution is -0.140. The molecular weight excluding hydrogens is 621 g/mol. The van der Waals surface area contributed by atoms with Gasteiger partial charge in [-0.05, 0) is 62.2 Å². The fourth-order valence-corrected chi connectivity index (χ4v) is 6.47. The second-order valence-electron chi connectivity index (χ2n) is 9.61. The van der Waals surface area contributed by atoms with Gasteiger partial charge in [0, 0.05) is 28.2 Å². The Morgan fingerprint density at radius 1 is 0.905 bits per heavy atom. The molecule has 0 saturated carbocycles. The van der Waals surface area contributed by atoms with Crippen LogP contribution < -0.4 is 14.4 Å². The second-order valence-corrected chi connectivity index (χ2v) is 12.7. The number of hydrogen-bond donors (Lipinski definition) is 1. The van der Waals surface area contributed by atoms with Gasteiger partial charge in [0.2, 0.25) is 11.8 Å². The van der Waals surface area contributed by atoms with E-state index in [4.69, 9.17) is 39.5 Å². The highest BCUT2D eigenvalue weighted by atomic mass is 35.5. The minimum absolute atomic E-state index is 0.0213. The zero-order chi connectivity index (χ0) is 31.0. The molecular formula is C30H34Cl3N3O5S. The molecule has 0 radical (unpaired) electrons. The monoisotopic (exact) mass is 653 g/mol. The van der Waals surface area contributed by atoms with Crippen LogP contribution >= 0.6 is 34.8 Å². The van der Waals surface area contributed by atoms with E-state index in [0.29, 0.717) is 27.8 Å². The average Bonchev–Trinajstić information content (AvgIpc) is 2.97. The van der Waals surface area contributed by atoms with Gasteiger partial charge in [0.1, 0.15) is 18.3 Å². The molecule has 0 spiro atoms. The number of anilines is 1. The van der Waals surface area contributed by atoms with E-state index in [1.807, 2.05) is 13.8 Å². The van der Waals surface area contributed by atoms with Crippen LogP contribution in [0.3, 0.4) is 0 Å². The van der Waals surface area contributed by atoms with Crippen LogP contribution in [-0.4, -0.2) is 50.9 Å². The first-order valence-electron chi connectivity index (χ1n) is 13.4. The Bertz CT molecular complexity index is 1490. The van der Waals surface area contributed by atoms with Crippen LogP contribution in [0.2, 0.25) is 15.1 Å². The van der Waals surface area contributed by atoms with Crippen molar-refractivity contribution in [2.45, 2.75) is 57.1 Å². The zero-order valence-electron chi connectivity index (χ0n) is 23.8. The molecule has 0 heterocycles. The summed E-state index contributed by atoms with van der Waals surface area (Å²) in [5, 5.41) is 3.72. The molecule has 0 bridgehead atoms. The van der Waals surface area contributed by atoms with Crippen molar-refractivity contribution in [2.24, 2.45) is 0 Å². The minimum Gasteiger partial charge on any atom is -0.495 e. The van der Waals surface area contributed by atoms with Crippen LogP contribution in [0.25, 0.3) is 0 Å². The predicted molar refractivity (Wildman–Crippen MR) is 168 cm³/mol. The number of halogens is 3. The smallest absolute Gasteiger partial charge is 0.264 e. The lowest BCUT2D eigenvalue weighted by atomic mass is 10.1. The molecule has 0 fully saturated rings. The van der Waals surface area contributed by atoms with Crippen molar-refractivity contribution < 1.29 is 22.7 Å². The van der Waals surface area contributed by atoms with Crippen LogP contribution in [0.5, 0.6) is 5.75 Å². The Balaban J connectivity index is 2.12. The van der Waals surface area contributed by atoms with Crippen molar-refractivity contribution in [3.63, 3.8) is 0 Å². The molecule has 3 aromatic rings. The Hall–Kier alpha value is -2.98. The third kappa shape index (κ3) is 7.89. The molecule has 3 aromatic carbocycles. The summed E-state index contributed by atoms with van der Waals surface area (Å²) in [7, 11) is -2.81. The molecule has 3 rings (SSSR count). The van der Waals surface area contributed by atoms with E-state index in [0.717, 1.165) is 4.31 Å². The van der Waals surface area contributed by atoms with Crippen molar-refractivity contribution >= 4 is 62.3 Å². The van der Waals surface area contributed by atoms with Crippen molar-refractivity contribution in [2.75, 3.05) is 18.0 Å². The lowest BCUT2D eigenvalue weighted by Crippen LogP contribution is -2.53. The Morgan fingerprint density at radius 2 is 1.55 bits per heavy atom. The number of hydrogen-bond acceptors (Lipinski definition) is 5. The van der Waals surface area contributed by atoms with Crippen LogP contribution in [0.4, 0.5) is 5.69 Å². The number of sulfonamides is 1. The summed E-state index contributed by atoms with van der Waals surface area (Å²) < 4.78 is 34.1. The molecule has 0 saturated heterocycles. The third-order valence-electron chi connectivity index (χ3n) is 6.81. The summed E-state index contributed by atoms with van der Waals surface area (Å²) in [5.41, 5.74) is 0.583. The zero-order valence-corrected chi connectivity index (χ0v) is 26.9. The highest BCUT2D eigenvalue weighted by molar-refractivity contribution is 7.92. The molecule has 0 aromatic heterocycles. The molecule has 0 aliphatic carbocycles. The van der Waals surface area contributed by atoms with Crippen LogP contribution in [-0.2, 0) is 26.2 Å². The van der Waals surface area contributed by atoms with E-state index in [-0.39, 0.29) is 40.5 Å². The quantitative estimate of drug-likeness (QED) is 0.225. The molecule has 2 atom stereocenters. The van der Waals surface area contributed by atoms with Gasteiger partial charge in [-0.25, -0.2) is 8.42 Å². The highest BCUT2D eigenvalue weighted by Gasteiger charge is 2.34. The molecule has 226 valence electrons. The molecule has 12 heteroatoms. The first-order valence-corrected chi connectivity index (χ1v) is 16.0. The lowest BCUT2D eigenvalue weighted by Gasteiger charge is -2.34.